The first-order chi connectivity index (χ1) is 9.63. The van der Waals surface area contributed by atoms with Gasteiger partial charge in [-0.3, -0.25) is 4.40 Å². The molecule has 2 heterocycles. The molecule has 0 amide bonds. The van der Waals surface area contributed by atoms with E-state index >= 15 is 0 Å². The first-order valence-corrected chi connectivity index (χ1v) is 6.71. The Hall–Kier alpha value is -2.23. The quantitative estimate of drug-likeness (QED) is 0.727. The second kappa shape index (κ2) is 5.04. The molecule has 4 heteroatoms. The van der Waals surface area contributed by atoms with Crippen molar-refractivity contribution in [3.8, 4) is 0 Å². The van der Waals surface area contributed by atoms with E-state index in [9.17, 15) is 4.39 Å². The lowest BCUT2D eigenvalue weighted by atomic mass is 10.1. The number of aromatic nitrogens is 3. The molecule has 20 heavy (non-hydrogen) atoms. The van der Waals surface area contributed by atoms with Crippen molar-refractivity contribution in [1.82, 2.24) is 14.6 Å². The van der Waals surface area contributed by atoms with Crippen molar-refractivity contribution in [2.75, 3.05) is 0 Å². The molecule has 0 unspecified atom stereocenters. The zero-order valence-corrected chi connectivity index (χ0v) is 11.5. The molecule has 0 aliphatic carbocycles. The van der Waals surface area contributed by atoms with Crippen LogP contribution < -0.4 is 0 Å². The van der Waals surface area contributed by atoms with E-state index in [-0.39, 0.29) is 5.82 Å². The number of pyridine rings is 1. The molecule has 1 aromatic carbocycles. The maximum absolute atomic E-state index is 13.2. The highest BCUT2D eigenvalue weighted by molar-refractivity contribution is 5.41. The van der Waals surface area contributed by atoms with Gasteiger partial charge in [0.1, 0.15) is 11.6 Å². The van der Waals surface area contributed by atoms with Gasteiger partial charge in [-0.15, -0.1) is 10.2 Å². The van der Waals surface area contributed by atoms with Gasteiger partial charge in [-0.1, -0.05) is 32.0 Å². The standard InChI is InChI=1S/C16H16FN3/c1-11(2)16-19-18-15-7-6-13(10-20(15)16)8-12-4-3-5-14(17)9-12/h3-7,9-11H,8H2,1-2H3. The van der Waals surface area contributed by atoms with Crippen molar-refractivity contribution >= 4 is 5.65 Å². The van der Waals surface area contributed by atoms with Gasteiger partial charge in [0.2, 0.25) is 0 Å². The summed E-state index contributed by atoms with van der Waals surface area (Å²) < 4.78 is 15.2. The van der Waals surface area contributed by atoms with Gasteiger partial charge in [-0.05, 0) is 35.7 Å². The maximum Gasteiger partial charge on any atom is 0.160 e. The predicted octanol–water partition coefficient (Wildman–Crippen LogP) is 3.58. The summed E-state index contributed by atoms with van der Waals surface area (Å²) in [4.78, 5) is 0. The minimum atomic E-state index is -0.198. The molecule has 102 valence electrons. The van der Waals surface area contributed by atoms with Gasteiger partial charge < -0.3 is 0 Å². The number of hydrogen-bond donors (Lipinski definition) is 0. The summed E-state index contributed by atoms with van der Waals surface area (Å²) in [5.41, 5.74) is 2.92. The maximum atomic E-state index is 13.2. The fourth-order valence-corrected chi connectivity index (χ4v) is 2.33. The third-order valence-corrected chi connectivity index (χ3v) is 3.30. The summed E-state index contributed by atoms with van der Waals surface area (Å²) in [5.74, 6) is 1.06. The Morgan fingerprint density at radius 3 is 2.70 bits per heavy atom. The second-order valence-electron chi connectivity index (χ2n) is 5.29. The van der Waals surface area contributed by atoms with E-state index in [0.29, 0.717) is 12.3 Å². The average Bonchev–Trinajstić information content (AvgIpc) is 2.82. The molecule has 0 bridgehead atoms. The molecule has 0 spiro atoms. The zero-order valence-electron chi connectivity index (χ0n) is 11.5. The van der Waals surface area contributed by atoms with E-state index in [4.69, 9.17) is 0 Å². The molecule has 3 aromatic rings. The van der Waals surface area contributed by atoms with E-state index in [1.165, 1.54) is 6.07 Å². The number of rotatable bonds is 3. The van der Waals surface area contributed by atoms with Crippen LogP contribution in [0.4, 0.5) is 4.39 Å². The smallest absolute Gasteiger partial charge is 0.160 e. The Morgan fingerprint density at radius 2 is 1.95 bits per heavy atom. The first-order valence-electron chi connectivity index (χ1n) is 6.71. The Kier molecular flexibility index (Phi) is 3.22. The Morgan fingerprint density at radius 1 is 1.10 bits per heavy atom. The molecule has 2 aromatic heterocycles. The Bertz CT molecular complexity index is 746. The Labute approximate surface area is 117 Å². The van der Waals surface area contributed by atoms with Crippen LogP contribution in [0.15, 0.2) is 42.6 Å². The van der Waals surface area contributed by atoms with Crippen LogP contribution in [0.5, 0.6) is 0 Å². The summed E-state index contributed by atoms with van der Waals surface area (Å²) >= 11 is 0. The normalized spacial score (nSPS) is 11.4. The van der Waals surface area contributed by atoms with Crippen LogP contribution >= 0.6 is 0 Å². The SMILES string of the molecule is CC(C)c1nnc2ccc(Cc3cccc(F)c3)cn12. The van der Waals surface area contributed by atoms with Crippen molar-refractivity contribution in [3.05, 3.63) is 65.4 Å². The van der Waals surface area contributed by atoms with Crippen LogP contribution in [-0.4, -0.2) is 14.6 Å². The third-order valence-electron chi connectivity index (χ3n) is 3.30. The van der Waals surface area contributed by atoms with E-state index in [0.717, 1.165) is 22.6 Å². The second-order valence-corrected chi connectivity index (χ2v) is 5.29. The minimum absolute atomic E-state index is 0.198. The summed E-state index contributed by atoms with van der Waals surface area (Å²) in [6.45, 7) is 4.19. The third kappa shape index (κ3) is 2.41. The van der Waals surface area contributed by atoms with Gasteiger partial charge in [-0.25, -0.2) is 4.39 Å². The van der Waals surface area contributed by atoms with E-state index in [1.54, 1.807) is 12.1 Å². The van der Waals surface area contributed by atoms with Crippen molar-refractivity contribution in [2.45, 2.75) is 26.2 Å². The summed E-state index contributed by atoms with van der Waals surface area (Å²) in [5, 5.41) is 8.37. The van der Waals surface area contributed by atoms with Gasteiger partial charge >= 0.3 is 0 Å². The van der Waals surface area contributed by atoms with Crippen molar-refractivity contribution in [2.24, 2.45) is 0 Å². The first kappa shape index (κ1) is 12.8. The van der Waals surface area contributed by atoms with Gasteiger partial charge in [0.15, 0.2) is 5.65 Å². The van der Waals surface area contributed by atoms with Gasteiger partial charge in [0.25, 0.3) is 0 Å². The fourth-order valence-electron chi connectivity index (χ4n) is 2.33. The highest BCUT2D eigenvalue weighted by Crippen LogP contribution is 2.16. The number of hydrogen-bond acceptors (Lipinski definition) is 2. The van der Waals surface area contributed by atoms with Crippen LogP contribution in [0.25, 0.3) is 5.65 Å². The van der Waals surface area contributed by atoms with Crippen LogP contribution in [0.1, 0.15) is 36.7 Å². The van der Waals surface area contributed by atoms with Crippen LogP contribution in [0.2, 0.25) is 0 Å². The molecule has 3 nitrogen and oxygen atoms in total. The highest BCUT2D eigenvalue weighted by Gasteiger charge is 2.09. The monoisotopic (exact) mass is 269 g/mol. The topological polar surface area (TPSA) is 30.2 Å². The van der Waals surface area contributed by atoms with Gasteiger partial charge in [0, 0.05) is 12.1 Å². The van der Waals surface area contributed by atoms with Crippen LogP contribution in [0, 0.1) is 5.82 Å². The van der Waals surface area contributed by atoms with E-state index < -0.39 is 0 Å². The molecule has 3 rings (SSSR count). The lowest BCUT2D eigenvalue weighted by Crippen LogP contribution is -1.99. The molecule has 0 atom stereocenters. The minimum Gasteiger partial charge on any atom is -0.286 e. The number of benzene rings is 1. The van der Waals surface area contributed by atoms with Crippen molar-refractivity contribution in [3.63, 3.8) is 0 Å². The Balaban J connectivity index is 1.98. The van der Waals surface area contributed by atoms with Gasteiger partial charge in [0.05, 0.1) is 0 Å². The number of nitrogens with zero attached hydrogens (tertiary/aromatic N) is 3. The molecule has 0 aliphatic rings. The zero-order chi connectivity index (χ0) is 14.1. The van der Waals surface area contributed by atoms with Gasteiger partial charge in [-0.2, -0.15) is 0 Å². The van der Waals surface area contributed by atoms with E-state index in [2.05, 4.69) is 24.0 Å². The lowest BCUT2D eigenvalue weighted by molar-refractivity contribution is 0.626. The molecule has 0 radical (unpaired) electrons. The van der Waals surface area contributed by atoms with Crippen LogP contribution in [0.3, 0.4) is 0 Å². The summed E-state index contributed by atoms with van der Waals surface area (Å²) in [6, 6.07) is 10.7. The van der Waals surface area contributed by atoms with Crippen LogP contribution in [-0.2, 0) is 6.42 Å². The van der Waals surface area contributed by atoms with Crippen molar-refractivity contribution < 1.29 is 4.39 Å². The summed E-state index contributed by atoms with van der Waals surface area (Å²) in [6.07, 6.45) is 2.74. The highest BCUT2D eigenvalue weighted by atomic mass is 19.1. The number of halogens is 1. The predicted molar refractivity (Wildman–Crippen MR) is 76.3 cm³/mol. The molecule has 0 saturated heterocycles. The molecular formula is C16H16FN3. The van der Waals surface area contributed by atoms with Crippen molar-refractivity contribution in [1.29, 1.82) is 0 Å². The molecular weight excluding hydrogens is 253 g/mol. The van der Waals surface area contributed by atoms with E-state index in [1.807, 2.05) is 28.8 Å². The fraction of sp³-hybridized carbons (Fsp3) is 0.250. The summed E-state index contributed by atoms with van der Waals surface area (Å²) in [7, 11) is 0. The lowest BCUT2D eigenvalue weighted by Gasteiger charge is -2.06. The average molecular weight is 269 g/mol. The molecule has 0 aliphatic heterocycles. The molecule has 0 N–H and O–H groups in total. The largest absolute Gasteiger partial charge is 0.286 e. The molecule has 0 saturated carbocycles. The number of fused-ring (bicyclic) bond motifs is 1. The molecule has 0 fully saturated rings.